The van der Waals surface area contributed by atoms with Crippen molar-refractivity contribution in [3.05, 3.63) is 62.9 Å². The van der Waals surface area contributed by atoms with E-state index in [1.165, 1.54) is 6.07 Å². The monoisotopic (exact) mass is 285 g/mol. The van der Waals surface area contributed by atoms with Gasteiger partial charge in [-0.2, -0.15) is 0 Å². The van der Waals surface area contributed by atoms with Crippen LogP contribution in [-0.4, -0.2) is 10.8 Å². The SMILES string of the molecule is O=C(c1ccc(Cl)cc1)c1ccc(Cl)nc1Cl. The Balaban J connectivity index is 2.40. The number of rotatable bonds is 2. The lowest BCUT2D eigenvalue weighted by Crippen LogP contribution is -2.03. The van der Waals surface area contributed by atoms with Gasteiger partial charge in [0.1, 0.15) is 10.3 Å². The highest BCUT2D eigenvalue weighted by atomic mass is 35.5. The van der Waals surface area contributed by atoms with E-state index in [4.69, 9.17) is 34.8 Å². The summed E-state index contributed by atoms with van der Waals surface area (Å²) in [5.41, 5.74) is 0.818. The minimum absolute atomic E-state index is 0.0949. The van der Waals surface area contributed by atoms with Gasteiger partial charge in [0.15, 0.2) is 5.78 Å². The summed E-state index contributed by atoms with van der Waals surface area (Å²) in [7, 11) is 0. The molecular weight excluding hydrogens is 280 g/mol. The Kier molecular flexibility index (Phi) is 3.67. The number of hydrogen-bond donors (Lipinski definition) is 0. The van der Waals surface area contributed by atoms with Gasteiger partial charge in [-0.15, -0.1) is 0 Å². The molecule has 0 aliphatic carbocycles. The van der Waals surface area contributed by atoms with Crippen LogP contribution in [0.2, 0.25) is 15.3 Å². The van der Waals surface area contributed by atoms with Crippen molar-refractivity contribution in [1.82, 2.24) is 4.98 Å². The maximum atomic E-state index is 12.1. The Morgan fingerprint density at radius 3 is 2.18 bits per heavy atom. The lowest BCUT2D eigenvalue weighted by atomic mass is 10.1. The maximum Gasteiger partial charge on any atom is 0.196 e. The molecule has 0 radical (unpaired) electrons. The molecule has 5 heteroatoms. The number of ketones is 1. The third-order valence-corrected chi connectivity index (χ3v) is 2.92. The number of benzene rings is 1. The number of nitrogens with zero attached hydrogens (tertiary/aromatic N) is 1. The van der Waals surface area contributed by atoms with Crippen LogP contribution >= 0.6 is 34.8 Å². The van der Waals surface area contributed by atoms with Crippen LogP contribution in [0.25, 0.3) is 0 Å². The molecule has 2 rings (SSSR count). The van der Waals surface area contributed by atoms with Crippen LogP contribution in [0, 0.1) is 0 Å². The summed E-state index contributed by atoms with van der Waals surface area (Å²) >= 11 is 17.3. The minimum Gasteiger partial charge on any atom is -0.288 e. The molecule has 0 amide bonds. The molecule has 2 nitrogen and oxygen atoms in total. The number of carbonyl (C=O) groups excluding carboxylic acids is 1. The molecule has 0 unspecified atom stereocenters. The molecule has 0 spiro atoms. The minimum atomic E-state index is -0.212. The summed E-state index contributed by atoms with van der Waals surface area (Å²) in [6.45, 7) is 0. The topological polar surface area (TPSA) is 30.0 Å². The average Bonchev–Trinajstić information content (AvgIpc) is 2.29. The quantitative estimate of drug-likeness (QED) is 0.609. The highest BCUT2D eigenvalue weighted by Crippen LogP contribution is 2.20. The van der Waals surface area contributed by atoms with Gasteiger partial charge < -0.3 is 0 Å². The molecule has 17 heavy (non-hydrogen) atoms. The lowest BCUT2D eigenvalue weighted by molar-refractivity contribution is 0.103. The molecule has 1 aromatic heterocycles. The van der Waals surface area contributed by atoms with Crippen LogP contribution in [0.4, 0.5) is 0 Å². The lowest BCUT2D eigenvalue weighted by Gasteiger charge is -2.03. The molecule has 0 atom stereocenters. The van der Waals surface area contributed by atoms with Gasteiger partial charge in [-0.05, 0) is 36.4 Å². The van der Waals surface area contributed by atoms with Crippen molar-refractivity contribution in [2.75, 3.05) is 0 Å². The van der Waals surface area contributed by atoms with Crippen LogP contribution in [0.1, 0.15) is 15.9 Å². The van der Waals surface area contributed by atoms with E-state index in [0.717, 1.165) is 0 Å². The molecule has 1 aromatic carbocycles. The van der Waals surface area contributed by atoms with Crippen LogP contribution in [0.15, 0.2) is 36.4 Å². The summed E-state index contributed by atoms with van der Waals surface area (Å²) < 4.78 is 0. The fourth-order valence-corrected chi connectivity index (χ4v) is 1.89. The fraction of sp³-hybridized carbons (Fsp3) is 0. The summed E-state index contributed by atoms with van der Waals surface area (Å²) in [5, 5.41) is 0.919. The van der Waals surface area contributed by atoms with Gasteiger partial charge in [-0.25, -0.2) is 4.98 Å². The number of hydrogen-bond acceptors (Lipinski definition) is 2. The highest BCUT2D eigenvalue weighted by molar-refractivity contribution is 6.35. The van der Waals surface area contributed by atoms with Crippen molar-refractivity contribution in [3.63, 3.8) is 0 Å². The predicted octanol–water partition coefficient (Wildman–Crippen LogP) is 4.27. The first-order chi connectivity index (χ1) is 8.08. The number of aromatic nitrogens is 1. The normalized spacial score (nSPS) is 10.3. The van der Waals surface area contributed by atoms with Gasteiger partial charge in [0, 0.05) is 10.6 Å². The van der Waals surface area contributed by atoms with Crippen LogP contribution in [0.5, 0.6) is 0 Å². The van der Waals surface area contributed by atoms with Crippen molar-refractivity contribution in [3.8, 4) is 0 Å². The first kappa shape index (κ1) is 12.4. The summed E-state index contributed by atoms with van der Waals surface area (Å²) in [6, 6.07) is 9.63. The van der Waals surface area contributed by atoms with Crippen LogP contribution < -0.4 is 0 Å². The predicted molar refractivity (Wildman–Crippen MR) is 69.1 cm³/mol. The Hall–Kier alpha value is -1.09. The van der Waals surface area contributed by atoms with Crippen molar-refractivity contribution < 1.29 is 4.79 Å². The third kappa shape index (κ3) is 2.78. The van der Waals surface area contributed by atoms with Crippen molar-refractivity contribution in [2.24, 2.45) is 0 Å². The molecule has 0 bridgehead atoms. The van der Waals surface area contributed by atoms with Gasteiger partial charge in [0.2, 0.25) is 0 Å². The van der Waals surface area contributed by atoms with E-state index in [2.05, 4.69) is 4.98 Å². The molecule has 0 fully saturated rings. The van der Waals surface area contributed by atoms with E-state index >= 15 is 0 Å². The second kappa shape index (κ2) is 5.05. The average molecular weight is 287 g/mol. The smallest absolute Gasteiger partial charge is 0.196 e. The second-order valence-corrected chi connectivity index (χ2v) is 4.49. The molecule has 2 aromatic rings. The van der Waals surface area contributed by atoms with E-state index in [1.54, 1.807) is 30.3 Å². The van der Waals surface area contributed by atoms with Crippen molar-refractivity contribution in [2.45, 2.75) is 0 Å². The van der Waals surface area contributed by atoms with Crippen molar-refractivity contribution >= 4 is 40.6 Å². The van der Waals surface area contributed by atoms with Crippen LogP contribution in [0.3, 0.4) is 0 Å². The first-order valence-electron chi connectivity index (χ1n) is 4.70. The van der Waals surface area contributed by atoms with E-state index in [0.29, 0.717) is 16.1 Å². The molecule has 86 valence electrons. The molecular formula is C12H6Cl3NO. The standard InChI is InChI=1S/C12H6Cl3NO/c13-8-3-1-7(2-4-8)11(17)9-5-6-10(14)16-12(9)15/h1-6H. The van der Waals surface area contributed by atoms with E-state index in [-0.39, 0.29) is 16.1 Å². The number of pyridine rings is 1. The van der Waals surface area contributed by atoms with E-state index in [9.17, 15) is 4.79 Å². The Morgan fingerprint density at radius 2 is 1.59 bits per heavy atom. The number of carbonyl (C=O) groups is 1. The van der Waals surface area contributed by atoms with E-state index in [1.807, 2.05) is 0 Å². The molecule has 0 N–H and O–H groups in total. The third-order valence-electron chi connectivity index (χ3n) is 2.17. The van der Waals surface area contributed by atoms with Gasteiger partial charge in [0.05, 0.1) is 5.56 Å². The van der Waals surface area contributed by atoms with Crippen molar-refractivity contribution in [1.29, 1.82) is 0 Å². The van der Waals surface area contributed by atoms with Gasteiger partial charge in [-0.3, -0.25) is 4.79 Å². The Labute approximate surface area is 113 Å². The molecule has 1 heterocycles. The van der Waals surface area contributed by atoms with Gasteiger partial charge >= 0.3 is 0 Å². The van der Waals surface area contributed by atoms with E-state index < -0.39 is 0 Å². The second-order valence-electron chi connectivity index (χ2n) is 3.31. The Bertz CT molecular complexity index is 566. The molecule has 0 saturated heterocycles. The summed E-state index contributed by atoms with van der Waals surface area (Å²) in [6.07, 6.45) is 0. The molecule has 0 saturated carbocycles. The van der Waals surface area contributed by atoms with Gasteiger partial charge in [0.25, 0.3) is 0 Å². The van der Waals surface area contributed by atoms with Crippen LogP contribution in [-0.2, 0) is 0 Å². The summed E-state index contributed by atoms with van der Waals surface area (Å²) in [4.78, 5) is 15.9. The zero-order valence-electron chi connectivity index (χ0n) is 8.45. The largest absolute Gasteiger partial charge is 0.288 e. The maximum absolute atomic E-state index is 12.1. The zero-order chi connectivity index (χ0) is 12.4. The number of halogens is 3. The highest BCUT2D eigenvalue weighted by Gasteiger charge is 2.13. The fourth-order valence-electron chi connectivity index (χ4n) is 1.34. The zero-order valence-corrected chi connectivity index (χ0v) is 10.7. The molecule has 0 aliphatic rings. The van der Waals surface area contributed by atoms with Gasteiger partial charge in [-0.1, -0.05) is 34.8 Å². The Morgan fingerprint density at radius 1 is 0.941 bits per heavy atom. The first-order valence-corrected chi connectivity index (χ1v) is 5.83. The summed E-state index contributed by atoms with van der Waals surface area (Å²) in [5.74, 6) is -0.212. The molecule has 0 aliphatic heterocycles.